The fourth-order valence-electron chi connectivity index (χ4n) is 1.49. The second-order valence-electron chi connectivity index (χ2n) is 3.91. The zero-order valence-corrected chi connectivity index (χ0v) is 10.9. The van der Waals surface area contributed by atoms with Crippen molar-refractivity contribution >= 4 is 17.8 Å². The van der Waals surface area contributed by atoms with Gasteiger partial charge in [-0.25, -0.2) is 4.79 Å². The fourth-order valence-corrected chi connectivity index (χ4v) is 1.49. The number of primary amides is 1. The fraction of sp³-hybridized carbons (Fsp3) is 0.214. The lowest BCUT2D eigenvalue weighted by Gasteiger charge is -2.13. The van der Waals surface area contributed by atoms with Crippen molar-refractivity contribution in [1.29, 1.82) is 0 Å². The Morgan fingerprint density at radius 2 is 2.05 bits per heavy atom. The van der Waals surface area contributed by atoms with Crippen LogP contribution in [-0.4, -0.2) is 30.9 Å². The molecule has 1 aromatic carbocycles. The number of nitrogens with one attached hydrogen (secondary N) is 1. The van der Waals surface area contributed by atoms with Gasteiger partial charge in [0.25, 0.3) is 5.91 Å². The van der Waals surface area contributed by atoms with Crippen LogP contribution in [0.2, 0.25) is 0 Å². The Kier molecular flexibility index (Phi) is 5.30. The van der Waals surface area contributed by atoms with E-state index in [0.717, 1.165) is 0 Å². The van der Waals surface area contributed by atoms with E-state index in [-0.39, 0.29) is 17.5 Å². The molecule has 3 N–H and O–H groups in total. The van der Waals surface area contributed by atoms with E-state index in [9.17, 15) is 14.4 Å². The van der Waals surface area contributed by atoms with E-state index < -0.39 is 23.8 Å². The maximum atomic E-state index is 12.0. The molecule has 6 heteroatoms. The van der Waals surface area contributed by atoms with E-state index in [1.807, 2.05) is 0 Å². The smallest absolute Gasteiger partial charge is 0.337 e. The van der Waals surface area contributed by atoms with Gasteiger partial charge in [-0.2, -0.15) is 0 Å². The molecule has 0 radical (unpaired) electrons. The molecular weight excluding hydrogens is 260 g/mol. The monoisotopic (exact) mass is 274 g/mol. The van der Waals surface area contributed by atoms with Crippen LogP contribution in [0.15, 0.2) is 24.3 Å². The van der Waals surface area contributed by atoms with Crippen molar-refractivity contribution in [3.8, 4) is 12.3 Å². The summed E-state index contributed by atoms with van der Waals surface area (Å²) < 4.78 is 4.56. The number of esters is 1. The van der Waals surface area contributed by atoms with Crippen molar-refractivity contribution in [2.45, 2.75) is 12.5 Å². The summed E-state index contributed by atoms with van der Waals surface area (Å²) >= 11 is 0. The number of terminal acetylenes is 1. The molecular formula is C14H14N2O4. The van der Waals surface area contributed by atoms with E-state index in [1.165, 1.54) is 31.4 Å². The molecule has 0 spiro atoms. The molecule has 0 unspecified atom stereocenters. The predicted molar refractivity (Wildman–Crippen MR) is 71.7 cm³/mol. The second-order valence-corrected chi connectivity index (χ2v) is 3.91. The third-order valence-electron chi connectivity index (χ3n) is 2.52. The molecule has 1 rings (SSSR count). The zero-order chi connectivity index (χ0) is 15.1. The van der Waals surface area contributed by atoms with E-state index >= 15 is 0 Å². The van der Waals surface area contributed by atoms with Gasteiger partial charge in [0.1, 0.15) is 6.04 Å². The Bertz CT molecular complexity index is 575. The number of rotatable bonds is 5. The third-order valence-corrected chi connectivity index (χ3v) is 2.52. The van der Waals surface area contributed by atoms with E-state index in [1.54, 1.807) is 0 Å². The molecule has 0 aliphatic heterocycles. The van der Waals surface area contributed by atoms with Crippen molar-refractivity contribution in [3.05, 3.63) is 35.4 Å². The van der Waals surface area contributed by atoms with Crippen LogP contribution in [0, 0.1) is 12.3 Å². The maximum absolute atomic E-state index is 12.0. The van der Waals surface area contributed by atoms with Gasteiger partial charge in [-0.3, -0.25) is 9.59 Å². The minimum absolute atomic E-state index is 0.00222. The molecule has 20 heavy (non-hydrogen) atoms. The van der Waals surface area contributed by atoms with Crippen LogP contribution in [0.25, 0.3) is 0 Å². The summed E-state index contributed by atoms with van der Waals surface area (Å²) in [5.41, 5.74) is 5.56. The van der Waals surface area contributed by atoms with Gasteiger partial charge in [0, 0.05) is 12.0 Å². The lowest BCUT2D eigenvalue weighted by molar-refractivity contribution is -0.119. The molecule has 0 aliphatic carbocycles. The quantitative estimate of drug-likeness (QED) is 0.586. The number of amides is 2. The van der Waals surface area contributed by atoms with Gasteiger partial charge in [-0.1, -0.05) is 6.07 Å². The summed E-state index contributed by atoms with van der Waals surface area (Å²) in [7, 11) is 1.24. The average Bonchev–Trinajstić information content (AvgIpc) is 2.45. The highest BCUT2D eigenvalue weighted by atomic mass is 16.5. The number of carbonyl (C=O) groups is 3. The summed E-state index contributed by atoms with van der Waals surface area (Å²) in [6, 6.07) is 4.94. The van der Waals surface area contributed by atoms with Crippen molar-refractivity contribution in [1.82, 2.24) is 5.32 Å². The molecule has 0 aromatic heterocycles. The van der Waals surface area contributed by atoms with Gasteiger partial charge in [-0.05, 0) is 18.2 Å². The molecule has 0 fully saturated rings. The first-order chi connectivity index (χ1) is 9.49. The molecule has 1 aromatic rings. The minimum Gasteiger partial charge on any atom is -0.465 e. The Hall–Kier alpha value is -2.81. The second kappa shape index (κ2) is 6.95. The lowest BCUT2D eigenvalue weighted by Crippen LogP contribution is -2.44. The number of benzene rings is 1. The topological polar surface area (TPSA) is 98.5 Å². The van der Waals surface area contributed by atoms with Gasteiger partial charge in [0.05, 0.1) is 12.7 Å². The summed E-state index contributed by atoms with van der Waals surface area (Å²) in [4.78, 5) is 34.4. The van der Waals surface area contributed by atoms with Crippen molar-refractivity contribution in [2.24, 2.45) is 5.73 Å². The number of ether oxygens (including phenoxy) is 1. The number of nitrogens with two attached hydrogens (primary N) is 1. The molecule has 0 bridgehead atoms. The van der Waals surface area contributed by atoms with Gasteiger partial charge < -0.3 is 15.8 Å². The predicted octanol–water partition coefficient (Wildman–Crippen LogP) is 0.0802. The molecule has 104 valence electrons. The average molecular weight is 274 g/mol. The minimum atomic E-state index is -0.950. The van der Waals surface area contributed by atoms with Gasteiger partial charge >= 0.3 is 5.97 Å². The Balaban J connectivity index is 2.90. The highest BCUT2D eigenvalue weighted by Crippen LogP contribution is 2.07. The van der Waals surface area contributed by atoms with E-state index in [0.29, 0.717) is 0 Å². The van der Waals surface area contributed by atoms with Crippen LogP contribution < -0.4 is 11.1 Å². The molecule has 0 saturated carbocycles. The van der Waals surface area contributed by atoms with Crippen LogP contribution in [0.1, 0.15) is 27.1 Å². The first-order valence-electron chi connectivity index (χ1n) is 5.71. The van der Waals surface area contributed by atoms with Crippen LogP contribution >= 0.6 is 0 Å². The normalized spacial score (nSPS) is 11.0. The van der Waals surface area contributed by atoms with Crippen molar-refractivity contribution in [2.75, 3.05) is 7.11 Å². The molecule has 0 saturated heterocycles. The largest absolute Gasteiger partial charge is 0.465 e. The van der Waals surface area contributed by atoms with Crippen LogP contribution in [0.5, 0.6) is 0 Å². The van der Waals surface area contributed by atoms with Crippen LogP contribution in [-0.2, 0) is 9.53 Å². The Morgan fingerprint density at radius 1 is 1.40 bits per heavy atom. The lowest BCUT2D eigenvalue weighted by atomic mass is 10.1. The first kappa shape index (κ1) is 15.2. The van der Waals surface area contributed by atoms with Crippen molar-refractivity contribution in [3.63, 3.8) is 0 Å². The standard InChI is InChI=1S/C14H14N2O4/c1-3-5-11(12(15)17)16-13(18)9-6-4-7-10(8-9)14(19)20-2/h1,4,6-8,11H,5H2,2H3,(H2,15,17)(H,16,18)/t11-/m1/s1. The number of hydrogen-bond acceptors (Lipinski definition) is 4. The SMILES string of the molecule is C#CC[C@@H](NC(=O)c1cccc(C(=O)OC)c1)C(N)=O. The van der Waals surface area contributed by atoms with Crippen LogP contribution in [0.3, 0.4) is 0 Å². The molecule has 2 amide bonds. The number of methoxy groups -OCH3 is 1. The van der Waals surface area contributed by atoms with Gasteiger partial charge in [0.2, 0.25) is 5.91 Å². The Morgan fingerprint density at radius 3 is 2.60 bits per heavy atom. The highest BCUT2D eigenvalue weighted by molar-refractivity contribution is 5.99. The molecule has 6 nitrogen and oxygen atoms in total. The first-order valence-corrected chi connectivity index (χ1v) is 5.71. The molecule has 0 aliphatic rings. The summed E-state index contributed by atoms with van der Waals surface area (Å²) in [5, 5.41) is 2.41. The van der Waals surface area contributed by atoms with Crippen molar-refractivity contribution < 1.29 is 19.1 Å². The number of hydrogen-bond donors (Lipinski definition) is 2. The van der Waals surface area contributed by atoms with E-state index in [4.69, 9.17) is 12.2 Å². The van der Waals surface area contributed by atoms with Crippen LogP contribution in [0.4, 0.5) is 0 Å². The maximum Gasteiger partial charge on any atom is 0.337 e. The third kappa shape index (κ3) is 3.85. The summed E-state index contributed by atoms with van der Waals surface area (Å²) in [6.45, 7) is 0. The highest BCUT2D eigenvalue weighted by Gasteiger charge is 2.18. The molecule has 1 atom stereocenters. The number of carbonyl (C=O) groups excluding carboxylic acids is 3. The van der Waals surface area contributed by atoms with Gasteiger partial charge in [0.15, 0.2) is 0 Å². The summed E-state index contributed by atoms with van der Waals surface area (Å²) in [5.74, 6) is 0.426. The molecule has 0 heterocycles. The van der Waals surface area contributed by atoms with E-state index in [2.05, 4.69) is 16.0 Å². The zero-order valence-electron chi connectivity index (χ0n) is 10.9. The summed E-state index contributed by atoms with van der Waals surface area (Å²) in [6.07, 6.45) is 5.09. The Labute approximate surface area is 116 Å². The van der Waals surface area contributed by atoms with Gasteiger partial charge in [-0.15, -0.1) is 12.3 Å².